The number of rotatable bonds is 2. The summed E-state index contributed by atoms with van der Waals surface area (Å²) >= 11 is 0. The first-order valence-corrected chi connectivity index (χ1v) is 2.10. The van der Waals surface area contributed by atoms with Crippen LogP contribution in [0.5, 0.6) is 0 Å². The van der Waals surface area contributed by atoms with Gasteiger partial charge in [-0.1, -0.05) is 0 Å². The third kappa shape index (κ3) is 10.9. The Morgan fingerprint density at radius 2 is 2.14 bits per heavy atom. The molecule has 0 heterocycles. The minimum atomic E-state index is -0.289. The van der Waals surface area contributed by atoms with Crippen molar-refractivity contribution in [3.05, 3.63) is 5.73 Å². The third-order valence-corrected chi connectivity index (χ3v) is 0.562. The Bertz CT molecular complexity index is 32.9. The van der Waals surface area contributed by atoms with Gasteiger partial charge in [-0.15, -0.1) is 6.54 Å². The Kier molecular flexibility index (Phi) is 10.7. The largest absolute Gasteiger partial charge is 1.00 e. The molecule has 0 aromatic carbocycles. The molecule has 0 amide bonds. The summed E-state index contributed by atoms with van der Waals surface area (Å²) in [5, 5.41) is 8.43. The van der Waals surface area contributed by atoms with E-state index in [0.717, 1.165) is 0 Å². The van der Waals surface area contributed by atoms with Crippen molar-refractivity contribution in [3.63, 3.8) is 0 Å². The molecule has 1 atom stereocenters. The van der Waals surface area contributed by atoms with E-state index in [9.17, 15) is 0 Å². The van der Waals surface area contributed by atoms with Crippen LogP contribution in [0, 0.1) is 0 Å². The summed E-state index contributed by atoms with van der Waals surface area (Å²) in [5.41, 5.74) is 6.57. The summed E-state index contributed by atoms with van der Waals surface area (Å²) in [6.07, 6.45) is 0.308. The fraction of sp³-hybridized carbons (Fsp3) is 1.00. The topological polar surface area (TPSA) is 44.0 Å². The zero-order chi connectivity index (χ0) is 4.99. The summed E-state index contributed by atoms with van der Waals surface area (Å²) in [6.45, 7) is 2.02. The van der Waals surface area contributed by atoms with Gasteiger partial charge in [-0.25, -0.2) is 0 Å². The van der Waals surface area contributed by atoms with E-state index in [1.54, 1.807) is 6.92 Å². The molecule has 0 radical (unpaired) electrons. The normalized spacial score (nSPS) is 12.4. The smallest absolute Gasteiger partial charge is 0.677 e. The van der Waals surface area contributed by atoms with E-state index in [1.807, 2.05) is 0 Å². The third-order valence-electron chi connectivity index (χ3n) is 0.562. The minimum absolute atomic E-state index is 0. The molecule has 0 aliphatic heterocycles. The van der Waals surface area contributed by atoms with E-state index >= 15 is 0 Å². The van der Waals surface area contributed by atoms with Crippen LogP contribution >= 0.6 is 0 Å². The first-order chi connectivity index (χ1) is 2.77. The second kappa shape index (κ2) is 6.92. The van der Waals surface area contributed by atoms with Gasteiger partial charge in [0.05, 0.1) is 0 Å². The molecule has 0 aliphatic rings. The summed E-state index contributed by atoms with van der Waals surface area (Å²) in [4.78, 5) is 0. The van der Waals surface area contributed by atoms with Crippen molar-refractivity contribution in [3.8, 4) is 0 Å². The van der Waals surface area contributed by atoms with E-state index in [-0.39, 0.29) is 35.7 Å². The van der Waals surface area contributed by atoms with Crippen molar-refractivity contribution in [2.45, 2.75) is 19.4 Å². The zero-order valence-corrected chi connectivity index (χ0v) is 6.94. The Balaban J connectivity index is 0. The van der Waals surface area contributed by atoms with Crippen molar-refractivity contribution in [1.82, 2.24) is 0 Å². The van der Waals surface area contributed by atoms with Gasteiger partial charge < -0.3 is 10.8 Å². The van der Waals surface area contributed by atoms with Gasteiger partial charge in [0.15, 0.2) is 0 Å². The monoisotopic (exact) mass is 111 g/mol. The molecule has 2 N–H and O–H groups in total. The average Bonchev–Trinajstić information content (AvgIpc) is 1.35. The summed E-state index contributed by atoms with van der Waals surface area (Å²) < 4.78 is 0. The second-order valence-corrected chi connectivity index (χ2v) is 1.39. The second-order valence-electron chi connectivity index (χ2n) is 1.39. The molecule has 1 unspecified atom stereocenters. The fourth-order valence-electron chi connectivity index (χ4n) is 0.209. The van der Waals surface area contributed by atoms with Gasteiger partial charge in [0.1, 0.15) is 0 Å². The molecule has 0 fully saturated rings. The number of aliphatic hydroxyl groups excluding tert-OH is 1. The van der Waals surface area contributed by atoms with Crippen molar-refractivity contribution in [2.75, 3.05) is 6.54 Å². The van der Waals surface area contributed by atoms with Crippen LogP contribution in [0.25, 0.3) is 5.73 Å². The van der Waals surface area contributed by atoms with E-state index in [0.29, 0.717) is 13.0 Å². The molecular weight excluding hydrogens is 101 g/mol. The molecule has 0 aromatic rings. The molecule has 0 saturated carbocycles. The summed E-state index contributed by atoms with van der Waals surface area (Å²) in [6, 6.07) is 0. The Hall–Kier alpha value is 0.920. The van der Waals surface area contributed by atoms with Crippen LogP contribution in [-0.2, 0) is 0 Å². The molecular formula is C4H10NNaO. The maximum atomic E-state index is 8.43. The molecule has 0 spiro atoms. The maximum absolute atomic E-state index is 8.43. The van der Waals surface area contributed by atoms with Gasteiger partial charge in [-0.2, -0.15) is 0 Å². The van der Waals surface area contributed by atoms with Gasteiger partial charge >= 0.3 is 29.6 Å². The molecule has 2 nitrogen and oxygen atoms in total. The van der Waals surface area contributed by atoms with Crippen molar-refractivity contribution in [2.24, 2.45) is 0 Å². The maximum Gasteiger partial charge on any atom is 1.00 e. The number of hydrogen-bond acceptors (Lipinski definition) is 1. The van der Waals surface area contributed by atoms with Crippen LogP contribution in [-0.4, -0.2) is 17.8 Å². The molecule has 0 aromatic heterocycles. The van der Waals surface area contributed by atoms with Crippen LogP contribution in [0.2, 0.25) is 0 Å². The van der Waals surface area contributed by atoms with Gasteiger partial charge in [0.2, 0.25) is 0 Å². The Labute approximate surface area is 66.4 Å². The fourth-order valence-corrected chi connectivity index (χ4v) is 0.209. The van der Waals surface area contributed by atoms with E-state index in [4.69, 9.17) is 10.8 Å². The summed E-state index contributed by atoms with van der Waals surface area (Å²) in [7, 11) is 0. The summed E-state index contributed by atoms with van der Waals surface area (Å²) in [5.74, 6) is 0. The Morgan fingerprint density at radius 1 is 1.71 bits per heavy atom. The number of aliphatic hydroxyl groups is 1. The van der Waals surface area contributed by atoms with Gasteiger partial charge in [-0.05, 0) is 13.3 Å². The van der Waals surface area contributed by atoms with Crippen LogP contribution in [0.15, 0.2) is 0 Å². The first kappa shape index (κ1) is 10.8. The molecule has 38 valence electrons. The zero-order valence-electron chi connectivity index (χ0n) is 4.94. The van der Waals surface area contributed by atoms with Crippen LogP contribution in [0.4, 0.5) is 0 Å². The van der Waals surface area contributed by atoms with E-state index in [1.165, 1.54) is 0 Å². The van der Waals surface area contributed by atoms with Crippen molar-refractivity contribution in [1.29, 1.82) is 0 Å². The molecule has 7 heavy (non-hydrogen) atoms. The van der Waals surface area contributed by atoms with Crippen LogP contribution < -0.4 is 29.6 Å². The molecule has 0 rings (SSSR count). The molecule has 0 aliphatic carbocycles. The predicted molar refractivity (Wildman–Crippen MR) is 25.5 cm³/mol. The molecule has 0 bridgehead atoms. The van der Waals surface area contributed by atoms with Crippen LogP contribution in [0.1, 0.15) is 13.3 Å². The van der Waals surface area contributed by atoms with Gasteiger partial charge in [-0.3, -0.25) is 0 Å². The first-order valence-electron chi connectivity index (χ1n) is 2.10. The number of hydrogen-bond donors (Lipinski definition) is 1. The average molecular weight is 111 g/mol. The predicted octanol–water partition coefficient (Wildman–Crippen LogP) is -2.19. The van der Waals surface area contributed by atoms with E-state index in [2.05, 4.69) is 0 Å². The Morgan fingerprint density at radius 3 is 2.14 bits per heavy atom. The van der Waals surface area contributed by atoms with Gasteiger partial charge in [0, 0.05) is 6.10 Å². The molecule has 3 heteroatoms. The standard InChI is InChI=1S/C4H10NO.Na/c1-4(6)2-3-5;/h4-6H,2-3H2,1H3;/q-1;+1. The van der Waals surface area contributed by atoms with Crippen molar-refractivity contribution >= 4 is 0 Å². The van der Waals surface area contributed by atoms with Crippen molar-refractivity contribution < 1.29 is 34.7 Å². The van der Waals surface area contributed by atoms with Gasteiger partial charge in [0.25, 0.3) is 0 Å². The van der Waals surface area contributed by atoms with E-state index < -0.39 is 0 Å². The molecule has 0 saturated heterocycles. The minimum Gasteiger partial charge on any atom is -0.677 e. The van der Waals surface area contributed by atoms with Crippen LogP contribution in [0.3, 0.4) is 0 Å². The number of nitrogens with one attached hydrogen (secondary N) is 1. The SMILES string of the molecule is CC(O)CC[NH-].[Na+]. The quantitative estimate of drug-likeness (QED) is 0.404.